The van der Waals surface area contributed by atoms with Crippen LogP contribution in [0.3, 0.4) is 0 Å². The van der Waals surface area contributed by atoms with Crippen LogP contribution in [0.15, 0.2) is 24.3 Å². The maximum atomic E-state index is 10.5. The second-order valence-electron chi connectivity index (χ2n) is 3.81. The van der Waals surface area contributed by atoms with Crippen molar-refractivity contribution in [2.75, 3.05) is 6.61 Å². The van der Waals surface area contributed by atoms with Crippen LogP contribution in [0.2, 0.25) is 0 Å². The highest BCUT2D eigenvalue weighted by atomic mass is 16.5. The number of hydrogen-bond acceptors (Lipinski definition) is 2. The van der Waals surface area contributed by atoms with Crippen molar-refractivity contribution < 1.29 is 9.53 Å². The Hall–Kier alpha value is -1.05. The lowest BCUT2D eigenvalue weighted by Gasteiger charge is -1.98. The smallest absolute Gasteiger partial charge is 0.302 e. The van der Waals surface area contributed by atoms with E-state index in [1.54, 1.807) is 0 Å². The molecule has 0 saturated carbocycles. The fourth-order valence-electron chi connectivity index (χ4n) is 1.34. The molecule has 0 aliphatic heterocycles. The average Bonchev–Trinajstić information content (AvgIpc) is 2.25. The molecule has 92 valence electrons. The molecule has 0 spiro atoms. The molecule has 0 bridgehead atoms. The van der Waals surface area contributed by atoms with Crippen LogP contribution in [0.5, 0.6) is 0 Å². The summed E-state index contributed by atoms with van der Waals surface area (Å²) in [5, 5.41) is 0. The van der Waals surface area contributed by atoms with Gasteiger partial charge in [0, 0.05) is 6.92 Å². The summed E-state index contributed by atoms with van der Waals surface area (Å²) in [4.78, 5) is 10.5. The van der Waals surface area contributed by atoms with Crippen LogP contribution >= 0.6 is 0 Å². The highest BCUT2D eigenvalue weighted by Gasteiger charge is 1.90. The molecule has 0 amide bonds. The molecule has 0 fully saturated rings. The van der Waals surface area contributed by atoms with Crippen molar-refractivity contribution in [3.63, 3.8) is 0 Å². The Balaban J connectivity index is 3.13. The van der Waals surface area contributed by atoms with Gasteiger partial charge in [0.2, 0.25) is 0 Å². The van der Waals surface area contributed by atoms with E-state index in [1.165, 1.54) is 26.2 Å². The Morgan fingerprint density at radius 2 is 1.56 bits per heavy atom. The molecule has 16 heavy (non-hydrogen) atoms. The van der Waals surface area contributed by atoms with Crippen molar-refractivity contribution in [2.45, 2.75) is 52.4 Å². The summed E-state index contributed by atoms with van der Waals surface area (Å²) in [5.41, 5.74) is 0. The number of ether oxygens (including phenoxy) is 1. The van der Waals surface area contributed by atoms with E-state index in [2.05, 4.69) is 31.2 Å². The third kappa shape index (κ3) is 12.9. The molecule has 0 aromatic carbocycles. The lowest BCUT2D eigenvalue weighted by Crippen LogP contribution is -1.99. The molecule has 0 aliphatic carbocycles. The predicted octanol–water partition coefficient (Wildman–Crippen LogP) is 4.02. The zero-order chi connectivity index (χ0) is 12.1. The van der Waals surface area contributed by atoms with Gasteiger partial charge in [-0.1, -0.05) is 24.3 Å². The first-order valence-electron chi connectivity index (χ1n) is 6.17. The molecule has 0 aromatic heterocycles. The molecule has 0 aromatic rings. The topological polar surface area (TPSA) is 26.3 Å². The molecule has 0 unspecified atom stereocenters. The number of rotatable bonds is 9. The number of carbonyl (C=O) groups is 1. The van der Waals surface area contributed by atoms with Crippen LogP contribution in [0, 0.1) is 0 Å². The van der Waals surface area contributed by atoms with Gasteiger partial charge >= 0.3 is 5.97 Å². The van der Waals surface area contributed by atoms with Crippen LogP contribution < -0.4 is 0 Å². The fourth-order valence-corrected chi connectivity index (χ4v) is 1.34. The molecule has 0 N–H and O–H groups in total. The average molecular weight is 224 g/mol. The molecule has 0 saturated heterocycles. The Bertz CT molecular complexity index is 217. The van der Waals surface area contributed by atoms with Gasteiger partial charge in [0.1, 0.15) is 0 Å². The zero-order valence-electron chi connectivity index (χ0n) is 10.6. The first kappa shape index (κ1) is 14.9. The van der Waals surface area contributed by atoms with Crippen LogP contribution in [-0.4, -0.2) is 12.6 Å². The molecule has 0 rings (SSSR count). The largest absolute Gasteiger partial charge is 0.466 e. The van der Waals surface area contributed by atoms with Crippen LogP contribution in [-0.2, 0) is 9.53 Å². The minimum Gasteiger partial charge on any atom is -0.466 e. The summed E-state index contributed by atoms with van der Waals surface area (Å²) in [6.45, 7) is 4.05. The van der Waals surface area contributed by atoms with Gasteiger partial charge in [0.05, 0.1) is 6.61 Å². The van der Waals surface area contributed by atoms with Crippen molar-refractivity contribution >= 4 is 5.97 Å². The molecular formula is C14H24O2. The summed E-state index contributed by atoms with van der Waals surface area (Å²) in [7, 11) is 0. The third-order valence-electron chi connectivity index (χ3n) is 2.21. The highest BCUT2D eigenvalue weighted by Crippen LogP contribution is 2.02. The van der Waals surface area contributed by atoms with Crippen LogP contribution in [0.4, 0.5) is 0 Å². The summed E-state index contributed by atoms with van der Waals surface area (Å²) < 4.78 is 4.83. The highest BCUT2D eigenvalue weighted by molar-refractivity contribution is 5.65. The Kier molecular flexibility index (Phi) is 11.2. The molecule has 0 aliphatic rings. The second-order valence-corrected chi connectivity index (χ2v) is 3.81. The zero-order valence-corrected chi connectivity index (χ0v) is 10.6. The number of hydrogen-bond donors (Lipinski definition) is 0. The van der Waals surface area contributed by atoms with Gasteiger partial charge in [0.15, 0.2) is 0 Å². The summed E-state index contributed by atoms with van der Waals surface area (Å²) >= 11 is 0. The molecule has 2 heteroatoms. The van der Waals surface area contributed by atoms with E-state index >= 15 is 0 Å². The number of esters is 1. The Morgan fingerprint density at radius 3 is 2.12 bits per heavy atom. The third-order valence-corrected chi connectivity index (χ3v) is 2.21. The van der Waals surface area contributed by atoms with Crippen molar-refractivity contribution in [1.29, 1.82) is 0 Å². The minimum atomic E-state index is -0.187. The first-order chi connectivity index (χ1) is 7.77. The first-order valence-corrected chi connectivity index (χ1v) is 6.17. The molecule has 0 heterocycles. The molecule has 0 atom stereocenters. The minimum absolute atomic E-state index is 0.187. The van der Waals surface area contributed by atoms with Crippen molar-refractivity contribution in [2.24, 2.45) is 0 Å². The van der Waals surface area contributed by atoms with E-state index in [4.69, 9.17) is 4.74 Å². The van der Waals surface area contributed by atoms with Crippen molar-refractivity contribution in [1.82, 2.24) is 0 Å². The maximum Gasteiger partial charge on any atom is 0.302 e. The van der Waals surface area contributed by atoms with E-state index in [0.29, 0.717) is 6.61 Å². The lowest BCUT2D eigenvalue weighted by molar-refractivity contribution is -0.141. The van der Waals surface area contributed by atoms with E-state index in [1.807, 2.05) is 0 Å². The normalized spacial score (nSPS) is 11.4. The summed E-state index contributed by atoms with van der Waals surface area (Å²) in [5.74, 6) is -0.187. The SMILES string of the molecule is C/C=C\CCCC/C=C/CCCOC(C)=O. The number of allylic oxidation sites excluding steroid dienone is 4. The van der Waals surface area contributed by atoms with Gasteiger partial charge in [-0.25, -0.2) is 0 Å². The number of unbranched alkanes of at least 4 members (excludes halogenated alkanes) is 4. The van der Waals surface area contributed by atoms with E-state index in [0.717, 1.165) is 19.3 Å². The second kappa shape index (κ2) is 12.0. The van der Waals surface area contributed by atoms with Gasteiger partial charge in [-0.15, -0.1) is 0 Å². The van der Waals surface area contributed by atoms with Crippen LogP contribution in [0.25, 0.3) is 0 Å². The van der Waals surface area contributed by atoms with Crippen molar-refractivity contribution in [3.8, 4) is 0 Å². The lowest BCUT2D eigenvalue weighted by atomic mass is 10.1. The fraction of sp³-hybridized carbons (Fsp3) is 0.643. The Morgan fingerprint density at radius 1 is 1.00 bits per heavy atom. The predicted molar refractivity (Wildman–Crippen MR) is 68.3 cm³/mol. The van der Waals surface area contributed by atoms with Gasteiger partial charge in [-0.2, -0.15) is 0 Å². The maximum absolute atomic E-state index is 10.5. The number of carbonyl (C=O) groups excluding carboxylic acids is 1. The molecule has 0 radical (unpaired) electrons. The quantitative estimate of drug-likeness (QED) is 0.336. The monoisotopic (exact) mass is 224 g/mol. The van der Waals surface area contributed by atoms with E-state index in [-0.39, 0.29) is 5.97 Å². The Labute approximate surface area is 99.4 Å². The van der Waals surface area contributed by atoms with Crippen LogP contribution in [0.1, 0.15) is 52.4 Å². The standard InChI is InChI=1S/C14H24O2/c1-3-4-5-6-7-8-9-10-11-12-13-16-14(2)15/h3-4,9-10H,5-8,11-13H2,1-2H3/b4-3-,10-9+. The van der Waals surface area contributed by atoms with Gasteiger partial charge in [0.25, 0.3) is 0 Å². The van der Waals surface area contributed by atoms with Gasteiger partial charge in [-0.3, -0.25) is 4.79 Å². The van der Waals surface area contributed by atoms with Gasteiger partial charge in [-0.05, 0) is 45.4 Å². The van der Waals surface area contributed by atoms with E-state index < -0.39 is 0 Å². The van der Waals surface area contributed by atoms with E-state index in [9.17, 15) is 4.79 Å². The molecule has 2 nitrogen and oxygen atoms in total. The summed E-state index contributed by atoms with van der Waals surface area (Å²) in [6.07, 6.45) is 15.5. The van der Waals surface area contributed by atoms with Crippen molar-refractivity contribution in [3.05, 3.63) is 24.3 Å². The summed E-state index contributed by atoms with van der Waals surface area (Å²) in [6, 6.07) is 0. The molecular weight excluding hydrogens is 200 g/mol. The van der Waals surface area contributed by atoms with Gasteiger partial charge < -0.3 is 4.74 Å².